The van der Waals surface area contributed by atoms with Gasteiger partial charge in [0, 0.05) is 0 Å². The highest BCUT2D eigenvalue weighted by atomic mass is 16.6. The SMILES string of the molecule is CC(C)(C)OC(=O)COCCOCCOCCOCCOCCOCCOCCOCCOCCC(=O)O. The molecule has 13 heteroatoms. The number of hydrogen-bond acceptors (Lipinski definition) is 12. The predicted molar refractivity (Wildman–Crippen MR) is 135 cm³/mol. The Morgan fingerprint density at radius 1 is 0.474 bits per heavy atom. The van der Waals surface area contributed by atoms with Crippen LogP contribution >= 0.6 is 0 Å². The molecule has 0 aliphatic rings. The molecule has 0 atom stereocenters. The first-order valence-corrected chi connectivity index (χ1v) is 12.9. The van der Waals surface area contributed by atoms with Crippen LogP contribution in [0.15, 0.2) is 0 Å². The van der Waals surface area contributed by atoms with Crippen molar-refractivity contribution in [2.75, 3.05) is 119 Å². The van der Waals surface area contributed by atoms with E-state index in [-0.39, 0.29) is 19.6 Å². The number of carboxylic acid groups (broad SMARTS) is 1. The average molecular weight is 557 g/mol. The van der Waals surface area contributed by atoms with Crippen LogP contribution < -0.4 is 0 Å². The topological polar surface area (TPSA) is 147 Å². The normalized spacial score (nSPS) is 11.7. The second-order valence-corrected chi connectivity index (χ2v) is 8.68. The molecule has 0 aliphatic carbocycles. The minimum Gasteiger partial charge on any atom is -0.481 e. The van der Waals surface area contributed by atoms with E-state index in [0.29, 0.717) is 106 Å². The van der Waals surface area contributed by atoms with Crippen LogP contribution in [0.4, 0.5) is 0 Å². The molecule has 0 unspecified atom stereocenters. The van der Waals surface area contributed by atoms with Gasteiger partial charge in [0.2, 0.25) is 0 Å². The maximum Gasteiger partial charge on any atom is 0.332 e. The molecular formula is C25H48O13. The Kier molecular flexibility index (Phi) is 26.1. The molecule has 0 aromatic carbocycles. The zero-order valence-corrected chi connectivity index (χ0v) is 23.3. The summed E-state index contributed by atoms with van der Waals surface area (Å²) < 4.78 is 53.1. The molecule has 0 aromatic rings. The van der Waals surface area contributed by atoms with Gasteiger partial charge in [0.15, 0.2) is 0 Å². The van der Waals surface area contributed by atoms with Gasteiger partial charge in [-0.1, -0.05) is 0 Å². The highest BCUT2D eigenvalue weighted by molar-refractivity contribution is 5.71. The van der Waals surface area contributed by atoms with Crippen molar-refractivity contribution in [2.45, 2.75) is 32.8 Å². The summed E-state index contributed by atoms with van der Waals surface area (Å²) in [7, 11) is 0. The van der Waals surface area contributed by atoms with Crippen LogP contribution in [0, 0.1) is 0 Å². The van der Waals surface area contributed by atoms with Crippen LogP contribution in [0.25, 0.3) is 0 Å². The molecule has 0 bridgehead atoms. The molecule has 0 heterocycles. The van der Waals surface area contributed by atoms with Crippen LogP contribution in [0.5, 0.6) is 0 Å². The summed E-state index contributed by atoms with van der Waals surface area (Å²) in [6.07, 6.45) is -0.00468. The third kappa shape index (κ3) is 32.6. The van der Waals surface area contributed by atoms with E-state index >= 15 is 0 Å². The lowest BCUT2D eigenvalue weighted by Gasteiger charge is -2.19. The van der Waals surface area contributed by atoms with E-state index in [1.807, 2.05) is 20.8 Å². The maximum absolute atomic E-state index is 11.5. The molecule has 0 aliphatic heterocycles. The van der Waals surface area contributed by atoms with Gasteiger partial charge in [0.1, 0.15) is 12.2 Å². The van der Waals surface area contributed by atoms with E-state index in [0.717, 1.165) is 0 Å². The molecule has 0 amide bonds. The summed E-state index contributed by atoms with van der Waals surface area (Å²) in [5, 5.41) is 8.46. The third-order valence-corrected chi connectivity index (χ3v) is 4.08. The Morgan fingerprint density at radius 3 is 1.00 bits per heavy atom. The van der Waals surface area contributed by atoms with Crippen LogP contribution in [0.1, 0.15) is 27.2 Å². The molecule has 13 nitrogen and oxygen atoms in total. The summed E-state index contributed by atoms with van der Waals surface area (Å²) in [5.74, 6) is -1.27. The molecule has 1 N–H and O–H groups in total. The van der Waals surface area contributed by atoms with Crippen LogP contribution in [0.2, 0.25) is 0 Å². The van der Waals surface area contributed by atoms with E-state index in [2.05, 4.69) is 0 Å². The van der Waals surface area contributed by atoms with Gasteiger partial charge >= 0.3 is 11.9 Å². The molecule has 38 heavy (non-hydrogen) atoms. The van der Waals surface area contributed by atoms with Crippen molar-refractivity contribution >= 4 is 11.9 Å². The van der Waals surface area contributed by atoms with E-state index in [1.54, 1.807) is 0 Å². The molecular weight excluding hydrogens is 508 g/mol. The predicted octanol–water partition coefficient (Wildman–Crippen LogP) is 0.952. The molecule has 0 rings (SSSR count). The monoisotopic (exact) mass is 556 g/mol. The van der Waals surface area contributed by atoms with E-state index in [1.165, 1.54) is 0 Å². The first-order valence-electron chi connectivity index (χ1n) is 12.9. The molecule has 0 aromatic heterocycles. The summed E-state index contributed by atoms with van der Waals surface area (Å²) in [4.78, 5) is 21.8. The van der Waals surface area contributed by atoms with Crippen molar-refractivity contribution in [1.29, 1.82) is 0 Å². The second kappa shape index (κ2) is 27.2. The summed E-state index contributed by atoms with van der Waals surface area (Å²) in [6, 6.07) is 0. The van der Waals surface area contributed by atoms with E-state index in [4.69, 9.17) is 52.5 Å². The van der Waals surface area contributed by atoms with Crippen LogP contribution in [0.3, 0.4) is 0 Å². The van der Waals surface area contributed by atoms with Crippen molar-refractivity contribution in [2.24, 2.45) is 0 Å². The molecule has 0 saturated carbocycles. The maximum atomic E-state index is 11.5. The summed E-state index contributed by atoms with van der Waals surface area (Å²) >= 11 is 0. The number of ether oxygens (including phenoxy) is 10. The smallest absolute Gasteiger partial charge is 0.332 e. The number of carbonyl (C=O) groups excluding carboxylic acids is 1. The van der Waals surface area contributed by atoms with Crippen molar-refractivity contribution < 1.29 is 62.1 Å². The lowest BCUT2D eigenvalue weighted by atomic mass is 10.2. The van der Waals surface area contributed by atoms with Gasteiger partial charge in [-0.05, 0) is 20.8 Å². The first-order chi connectivity index (χ1) is 18.3. The van der Waals surface area contributed by atoms with E-state index < -0.39 is 17.5 Å². The second-order valence-electron chi connectivity index (χ2n) is 8.68. The highest BCUT2D eigenvalue weighted by Crippen LogP contribution is 2.06. The molecule has 0 radical (unpaired) electrons. The number of carbonyl (C=O) groups is 2. The van der Waals surface area contributed by atoms with Crippen molar-refractivity contribution in [3.05, 3.63) is 0 Å². The highest BCUT2D eigenvalue weighted by Gasteiger charge is 2.15. The minimum atomic E-state index is -0.877. The standard InChI is InChI=1S/C25H48O13/c1-25(2,3)38-24(28)22-37-21-20-36-19-18-35-17-16-34-15-14-33-13-12-32-11-10-31-9-8-30-7-6-29-5-4-23(26)27/h4-22H2,1-3H3,(H,26,27). The Morgan fingerprint density at radius 2 is 0.737 bits per heavy atom. The van der Waals surface area contributed by atoms with Gasteiger partial charge in [-0.3, -0.25) is 4.79 Å². The van der Waals surface area contributed by atoms with Gasteiger partial charge in [-0.15, -0.1) is 0 Å². The summed E-state index contributed by atoms with van der Waals surface area (Å²) in [6.45, 7) is 12.5. The van der Waals surface area contributed by atoms with Crippen molar-refractivity contribution in [3.63, 3.8) is 0 Å². The first kappa shape index (κ1) is 36.6. The quantitative estimate of drug-likeness (QED) is 0.103. The summed E-state index contributed by atoms with van der Waals surface area (Å²) in [5.41, 5.74) is -0.513. The Labute approximate surface area is 226 Å². The third-order valence-electron chi connectivity index (χ3n) is 4.08. The van der Waals surface area contributed by atoms with Gasteiger partial charge < -0.3 is 52.5 Å². The Hall–Kier alpha value is -1.42. The van der Waals surface area contributed by atoms with E-state index in [9.17, 15) is 9.59 Å². The Bertz CT molecular complexity index is 540. The van der Waals surface area contributed by atoms with Gasteiger partial charge in [-0.2, -0.15) is 0 Å². The lowest BCUT2D eigenvalue weighted by Crippen LogP contribution is -2.27. The fourth-order valence-corrected chi connectivity index (χ4v) is 2.45. The number of carboxylic acids is 1. The number of rotatable bonds is 29. The zero-order chi connectivity index (χ0) is 28.2. The van der Waals surface area contributed by atoms with Crippen LogP contribution in [-0.4, -0.2) is 142 Å². The van der Waals surface area contributed by atoms with Gasteiger partial charge in [-0.25, -0.2) is 4.79 Å². The molecule has 0 saturated heterocycles. The number of hydrogen-bond donors (Lipinski definition) is 1. The van der Waals surface area contributed by atoms with Gasteiger partial charge in [0.05, 0.1) is 119 Å². The zero-order valence-electron chi connectivity index (χ0n) is 23.3. The lowest BCUT2D eigenvalue weighted by molar-refractivity contribution is -0.160. The Balaban J connectivity index is 3.11. The number of aliphatic carboxylic acids is 1. The average Bonchev–Trinajstić information content (AvgIpc) is 2.84. The molecule has 0 fully saturated rings. The van der Waals surface area contributed by atoms with Crippen molar-refractivity contribution in [3.8, 4) is 0 Å². The fraction of sp³-hybridized carbons (Fsp3) is 0.920. The minimum absolute atomic E-state index is 0.00468. The van der Waals surface area contributed by atoms with Crippen molar-refractivity contribution in [1.82, 2.24) is 0 Å². The largest absolute Gasteiger partial charge is 0.481 e. The fourth-order valence-electron chi connectivity index (χ4n) is 2.45. The number of esters is 1. The van der Waals surface area contributed by atoms with Crippen LogP contribution in [-0.2, 0) is 57.0 Å². The van der Waals surface area contributed by atoms with Gasteiger partial charge in [0.25, 0.3) is 0 Å². The molecule has 226 valence electrons. The molecule has 0 spiro atoms.